The van der Waals surface area contributed by atoms with Crippen molar-refractivity contribution in [2.75, 3.05) is 0 Å². The molecule has 1 heteroatoms. The van der Waals surface area contributed by atoms with E-state index in [2.05, 4.69) is 30.4 Å². The fraction of sp³-hybridized carbons (Fsp3) is 0.529. The third-order valence-electron chi connectivity index (χ3n) is 3.59. The molecular weight excluding hydrogens is 295 g/mol. The van der Waals surface area contributed by atoms with E-state index < -0.39 is 0 Å². The van der Waals surface area contributed by atoms with Gasteiger partial charge in [-0.1, -0.05) is 38.5 Å². The van der Waals surface area contributed by atoms with Gasteiger partial charge in [0.2, 0.25) is 0 Å². The maximum Gasteiger partial charge on any atom is 4.00 e. The molecule has 1 fully saturated rings. The molecule has 0 radical (unpaired) electrons. The average Bonchev–Trinajstić information content (AvgIpc) is 3.06. The zero-order valence-electron chi connectivity index (χ0n) is 13.1. The Kier molecular flexibility index (Phi) is 8.60. The molecule has 0 aromatic heterocycles. The van der Waals surface area contributed by atoms with E-state index in [9.17, 15) is 0 Å². The Morgan fingerprint density at radius 1 is 1.11 bits per heavy atom. The molecule has 0 saturated heterocycles. The van der Waals surface area contributed by atoms with E-state index in [4.69, 9.17) is 0 Å². The Hall–Kier alpha value is -0.157. The molecule has 0 nitrogen and oxygen atoms in total. The van der Waals surface area contributed by atoms with Crippen molar-refractivity contribution in [3.05, 3.63) is 48.1 Å². The van der Waals surface area contributed by atoms with Gasteiger partial charge in [-0.3, -0.25) is 12.2 Å². The third kappa shape index (κ3) is 6.14. The van der Waals surface area contributed by atoms with Gasteiger partial charge in [-0.05, 0) is 5.92 Å². The molecule has 0 heterocycles. The number of allylic oxidation sites excluding steroid dienone is 8. The van der Waals surface area contributed by atoms with Crippen LogP contribution in [0.1, 0.15) is 54.2 Å². The van der Waals surface area contributed by atoms with E-state index in [1.54, 1.807) is 0 Å². The first-order valence-electron chi connectivity index (χ1n) is 6.93. The van der Waals surface area contributed by atoms with Crippen molar-refractivity contribution in [2.45, 2.75) is 51.4 Å². The standard InChI is InChI=1S/C12H17.C5H5.Zr.2H/c1-2-6-11(7-3-1)10-12-8-4-5-9-12;1-2-4-5-3-1;;;/h4,8,11H,1-3,5-7,10H2;1-3H,4H2;;;/q2*-1;+4;2*-1. The van der Waals surface area contributed by atoms with Gasteiger partial charge >= 0.3 is 26.2 Å². The molecule has 0 aliphatic heterocycles. The minimum Gasteiger partial charge on any atom is -1.00 e. The maximum atomic E-state index is 3.41. The van der Waals surface area contributed by atoms with Crippen molar-refractivity contribution < 1.29 is 29.1 Å². The number of hydrogen-bond acceptors (Lipinski definition) is 0. The molecule has 0 amide bonds. The predicted octanol–water partition coefficient (Wildman–Crippen LogP) is 5.17. The van der Waals surface area contributed by atoms with Crippen molar-refractivity contribution >= 4 is 0 Å². The summed E-state index contributed by atoms with van der Waals surface area (Å²) < 4.78 is 0. The fourth-order valence-corrected chi connectivity index (χ4v) is 2.63. The van der Waals surface area contributed by atoms with Crippen LogP contribution in [-0.2, 0) is 26.2 Å². The van der Waals surface area contributed by atoms with Crippen molar-refractivity contribution in [1.82, 2.24) is 0 Å². The summed E-state index contributed by atoms with van der Waals surface area (Å²) in [7, 11) is 0. The van der Waals surface area contributed by atoms with Crippen LogP contribution in [0, 0.1) is 18.1 Å². The second-order valence-electron chi connectivity index (χ2n) is 5.02. The summed E-state index contributed by atoms with van der Waals surface area (Å²) in [6.45, 7) is 0. The van der Waals surface area contributed by atoms with Crippen LogP contribution in [0.5, 0.6) is 0 Å². The summed E-state index contributed by atoms with van der Waals surface area (Å²) in [6, 6.07) is 0. The fourth-order valence-electron chi connectivity index (χ4n) is 2.63. The Balaban J connectivity index is 0. The van der Waals surface area contributed by atoms with Crippen LogP contribution in [0.25, 0.3) is 0 Å². The zero-order chi connectivity index (χ0) is 11.8. The second-order valence-corrected chi connectivity index (χ2v) is 5.02. The van der Waals surface area contributed by atoms with Gasteiger partial charge in [-0.2, -0.15) is 12.2 Å². The summed E-state index contributed by atoms with van der Waals surface area (Å²) in [6.07, 6.45) is 27.6. The molecule has 0 N–H and O–H groups in total. The van der Waals surface area contributed by atoms with Crippen LogP contribution in [0.15, 0.2) is 36.0 Å². The minimum absolute atomic E-state index is 0. The van der Waals surface area contributed by atoms with E-state index in [1.165, 1.54) is 44.1 Å². The molecule has 3 aliphatic carbocycles. The molecule has 0 bridgehead atoms. The molecule has 0 aromatic carbocycles. The van der Waals surface area contributed by atoms with Crippen LogP contribution in [-0.4, -0.2) is 0 Å². The molecule has 1 saturated carbocycles. The normalized spacial score (nSPS) is 21.2. The van der Waals surface area contributed by atoms with E-state index in [0.29, 0.717) is 0 Å². The molecule has 3 rings (SSSR count). The first-order valence-corrected chi connectivity index (χ1v) is 6.93. The Morgan fingerprint density at radius 3 is 2.44 bits per heavy atom. The quantitative estimate of drug-likeness (QED) is 0.616. The van der Waals surface area contributed by atoms with Gasteiger partial charge in [0.05, 0.1) is 0 Å². The Bertz CT molecular complexity index is 327. The van der Waals surface area contributed by atoms with Crippen LogP contribution in [0.3, 0.4) is 0 Å². The largest absolute Gasteiger partial charge is 4.00 e. The van der Waals surface area contributed by atoms with Gasteiger partial charge < -0.3 is 2.85 Å². The molecular formula is C17H24Zr. The summed E-state index contributed by atoms with van der Waals surface area (Å²) in [4.78, 5) is 0. The molecule has 0 atom stereocenters. The average molecular weight is 320 g/mol. The first kappa shape index (κ1) is 15.9. The summed E-state index contributed by atoms with van der Waals surface area (Å²) in [5.41, 5.74) is 1.47. The zero-order valence-corrected chi connectivity index (χ0v) is 13.6. The first-order chi connectivity index (χ1) is 8.45. The van der Waals surface area contributed by atoms with Crippen LogP contribution < -0.4 is 0 Å². The van der Waals surface area contributed by atoms with Crippen LogP contribution in [0.2, 0.25) is 0 Å². The third-order valence-corrected chi connectivity index (χ3v) is 3.59. The Labute approximate surface area is 134 Å². The van der Waals surface area contributed by atoms with Gasteiger partial charge in [-0.15, -0.1) is 12.8 Å². The molecule has 96 valence electrons. The van der Waals surface area contributed by atoms with Gasteiger partial charge in [0.25, 0.3) is 0 Å². The summed E-state index contributed by atoms with van der Waals surface area (Å²) >= 11 is 0. The van der Waals surface area contributed by atoms with Gasteiger partial charge in [0.1, 0.15) is 0 Å². The number of rotatable bonds is 2. The predicted molar refractivity (Wildman–Crippen MR) is 75.5 cm³/mol. The smallest absolute Gasteiger partial charge is 1.00 e. The molecule has 0 spiro atoms. The topological polar surface area (TPSA) is 0 Å². The van der Waals surface area contributed by atoms with Crippen molar-refractivity contribution in [1.29, 1.82) is 0 Å². The van der Waals surface area contributed by atoms with Gasteiger partial charge in [0, 0.05) is 0 Å². The van der Waals surface area contributed by atoms with Crippen molar-refractivity contribution in [2.24, 2.45) is 5.92 Å². The van der Waals surface area contributed by atoms with E-state index in [-0.39, 0.29) is 29.1 Å². The van der Waals surface area contributed by atoms with Crippen LogP contribution in [0.4, 0.5) is 0 Å². The molecule has 0 unspecified atom stereocenters. The summed E-state index contributed by atoms with van der Waals surface area (Å²) in [5.74, 6) is 0.976. The Morgan fingerprint density at radius 2 is 1.94 bits per heavy atom. The van der Waals surface area contributed by atoms with E-state index in [0.717, 1.165) is 18.8 Å². The van der Waals surface area contributed by atoms with Crippen molar-refractivity contribution in [3.63, 3.8) is 0 Å². The monoisotopic (exact) mass is 318 g/mol. The number of hydrogen-bond donors (Lipinski definition) is 0. The SMILES string of the molecule is [C-]1=C(CC2CCCCC2)C=CC1.[C-]1=CC=CC1.[H-].[H-].[Zr+4]. The maximum absolute atomic E-state index is 3.41. The van der Waals surface area contributed by atoms with E-state index in [1.807, 2.05) is 12.2 Å². The van der Waals surface area contributed by atoms with E-state index >= 15 is 0 Å². The molecule has 18 heavy (non-hydrogen) atoms. The van der Waals surface area contributed by atoms with Crippen LogP contribution >= 0.6 is 0 Å². The molecule has 0 aromatic rings. The van der Waals surface area contributed by atoms with Crippen molar-refractivity contribution in [3.8, 4) is 0 Å². The minimum atomic E-state index is 0. The second kappa shape index (κ2) is 9.73. The van der Waals surface area contributed by atoms with Gasteiger partial charge in [0.15, 0.2) is 0 Å². The summed E-state index contributed by atoms with van der Waals surface area (Å²) in [5, 5.41) is 0. The molecule has 3 aliphatic rings. The van der Waals surface area contributed by atoms with Gasteiger partial charge in [-0.25, -0.2) is 23.8 Å².